The van der Waals surface area contributed by atoms with Crippen LogP contribution in [0.5, 0.6) is 5.75 Å². The van der Waals surface area contributed by atoms with E-state index in [0.717, 1.165) is 33.9 Å². The number of nitrogens with one attached hydrogen (secondary N) is 4. The van der Waals surface area contributed by atoms with E-state index in [9.17, 15) is 13.2 Å². The van der Waals surface area contributed by atoms with Gasteiger partial charge in [-0.25, -0.2) is 8.42 Å². The van der Waals surface area contributed by atoms with Gasteiger partial charge < -0.3 is 20.4 Å². The van der Waals surface area contributed by atoms with E-state index in [1.165, 1.54) is 7.11 Å². The van der Waals surface area contributed by atoms with Crippen LogP contribution in [0.2, 0.25) is 0 Å². The maximum Gasteiger partial charge on any atom is 0.255 e. The first-order chi connectivity index (χ1) is 19.9. The van der Waals surface area contributed by atoms with Gasteiger partial charge in [-0.1, -0.05) is 59.4 Å². The summed E-state index contributed by atoms with van der Waals surface area (Å²) in [4.78, 5) is 20.5. The van der Waals surface area contributed by atoms with E-state index >= 15 is 0 Å². The molecule has 0 saturated heterocycles. The minimum absolute atomic E-state index is 0.0613. The molecule has 0 aromatic heterocycles. The first kappa shape index (κ1) is 32.5. The zero-order valence-electron chi connectivity index (χ0n) is 26.5. The molecule has 4 N–H and O–H groups in total. The van der Waals surface area contributed by atoms with Crippen molar-refractivity contribution in [1.82, 2.24) is 15.9 Å². The van der Waals surface area contributed by atoms with Crippen LogP contribution >= 0.6 is 11.8 Å². The van der Waals surface area contributed by atoms with Crippen LogP contribution in [-0.4, -0.2) is 62.1 Å². The van der Waals surface area contributed by atoms with Crippen molar-refractivity contribution in [2.45, 2.75) is 64.7 Å². The molecular weight excluding hydrogens is 587 g/mol. The predicted octanol–water partition coefficient (Wildman–Crippen LogP) is 4.80. The number of amidine groups is 1. The molecular formula is C30H43N7O4S2. The van der Waals surface area contributed by atoms with Gasteiger partial charge >= 0.3 is 0 Å². The molecule has 13 heteroatoms. The highest BCUT2D eigenvalue weighted by atomic mass is 32.2. The molecule has 2 aromatic carbocycles. The van der Waals surface area contributed by atoms with Crippen molar-refractivity contribution in [2.24, 2.45) is 4.99 Å². The van der Waals surface area contributed by atoms with Crippen molar-refractivity contribution in [1.29, 1.82) is 0 Å². The van der Waals surface area contributed by atoms with Crippen LogP contribution in [0.15, 0.2) is 47.2 Å². The van der Waals surface area contributed by atoms with Crippen LogP contribution in [0, 0.1) is 6.92 Å². The highest BCUT2D eigenvalue weighted by molar-refractivity contribution is 8.14. The van der Waals surface area contributed by atoms with Crippen molar-refractivity contribution in [3.05, 3.63) is 58.9 Å². The van der Waals surface area contributed by atoms with E-state index < -0.39 is 10.0 Å². The number of likely N-dealkylation sites (N-methyl/N-ethyl adjacent to an activating group) is 1. The second-order valence-electron chi connectivity index (χ2n) is 12.8. The van der Waals surface area contributed by atoms with Gasteiger partial charge in [-0.15, -0.1) is 5.53 Å². The summed E-state index contributed by atoms with van der Waals surface area (Å²) in [5.41, 5.74) is 10.8. The lowest BCUT2D eigenvalue weighted by Crippen LogP contribution is -2.42. The zero-order valence-corrected chi connectivity index (χ0v) is 28.2. The number of hydrazine groups is 2. The molecule has 1 amide bonds. The van der Waals surface area contributed by atoms with E-state index in [4.69, 9.17) is 9.73 Å². The number of amides is 1. The molecule has 0 fully saturated rings. The average Bonchev–Trinajstić information content (AvgIpc) is 3.48. The molecule has 0 spiro atoms. The van der Waals surface area contributed by atoms with Gasteiger partial charge in [0.15, 0.2) is 10.9 Å². The van der Waals surface area contributed by atoms with Gasteiger partial charge in [0.05, 0.1) is 48.7 Å². The molecule has 0 saturated carbocycles. The second kappa shape index (κ2) is 11.9. The van der Waals surface area contributed by atoms with E-state index in [2.05, 4.69) is 53.7 Å². The lowest BCUT2D eigenvalue weighted by molar-refractivity contribution is 0.102. The van der Waals surface area contributed by atoms with E-state index in [1.54, 1.807) is 23.9 Å². The number of ether oxygens (including phenoxy) is 1. The van der Waals surface area contributed by atoms with E-state index in [0.29, 0.717) is 17.8 Å². The Labute approximate surface area is 259 Å². The van der Waals surface area contributed by atoms with Gasteiger partial charge in [0, 0.05) is 23.6 Å². The number of anilines is 3. The van der Waals surface area contributed by atoms with Crippen molar-refractivity contribution in [3.63, 3.8) is 0 Å². The summed E-state index contributed by atoms with van der Waals surface area (Å²) in [6.45, 7) is 15.2. The molecule has 0 aliphatic carbocycles. The van der Waals surface area contributed by atoms with Gasteiger partial charge in [0.1, 0.15) is 0 Å². The number of hydrogen-bond acceptors (Lipinski definition) is 10. The Balaban J connectivity index is 1.59. The highest BCUT2D eigenvalue weighted by Gasteiger charge is 2.33. The van der Waals surface area contributed by atoms with Crippen LogP contribution in [0.3, 0.4) is 0 Å². The number of aliphatic imine (C=N–C) groups is 1. The first-order valence-corrected chi connectivity index (χ1v) is 16.7. The number of benzene rings is 2. The largest absolute Gasteiger partial charge is 0.492 e. The SMILES string of the molecule is COc1c(NC(=O)c2ccc(C)c(N3C=C(C4CN=C(SC(C)(C)C)N4C)NN3)c2)cc(C(C)(C)C)cc1NS(C)(=O)=O. The Hall–Kier alpha value is -3.42. The molecule has 1 atom stereocenters. The molecule has 2 aliphatic rings. The summed E-state index contributed by atoms with van der Waals surface area (Å²) < 4.78 is 32.3. The molecule has 2 heterocycles. The van der Waals surface area contributed by atoms with Crippen LogP contribution in [0.4, 0.5) is 17.1 Å². The summed E-state index contributed by atoms with van der Waals surface area (Å²) in [6, 6.07) is 9.06. The van der Waals surface area contributed by atoms with Crippen LogP contribution in [0.25, 0.3) is 0 Å². The lowest BCUT2D eigenvalue weighted by Gasteiger charge is -2.26. The number of carbonyl (C=O) groups is 1. The molecule has 234 valence electrons. The summed E-state index contributed by atoms with van der Waals surface area (Å²) >= 11 is 1.75. The number of thioether (sulfide) groups is 1. The number of carbonyl (C=O) groups excluding carboxylic acids is 1. The fourth-order valence-corrected chi connectivity index (χ4v) is 6.21. The fraction of sp³-hybridized carbons (Fsp3) is 0.467. The standard InChI is InChI=1S/C30H43N7O4S2/c1-18-11-12-19(13-24(18)37-17-23(33-35-37)25-16-31-28(36(25)8)42-30(5,6)7)27(38)32-21-14-20(29(2,3)4)15-22(26(21)41-9)34-43(10,39)40/h11-15,17,25,33-35H,16H2,1-10H3,(H,32,38). The topological polar surface area (TPSA) is 127 Å². The molecule has 2 aliphatic heterocycles. The normalized spacial score (nSPS) is 17.4. The summed E-state index contributed by atoms with van der Waals surface area (Å²) in [7, 11) is -0.104. The number of sulfonamides is 1. The number of nitrogens with zero attached hydrogens (tertiary/aromatic N) is 3. The third-order valence-corrected chi connectivity index (χ3v) is 8.75. The molecule has 0 radical (unpaired) electrons. The van der Waals surface area contributed by atoms with Crippen LogP contribution in [0.1, 0.15) is 63.0 Å². The third kappa shape index (κ3) is 7.76. The number of aryl methyl sites for hydroxylation is 1. The number of hydrogen-bond donors (Lipinski definition) is 4. The Bertz CT molecular complexity index is 1570. The Kier molecular flexibility index (Phi) is 9.01. The predicted molar refractivity (Wildman–Crippen MR) is 177 cm³/mol. The quantitative estimate of drug-likeness (QED) is 0.342. The van der Waals surface area contributed by atoms with E-state index in [-0.39, 0.29) is 33.5 Å². The van der Waals surface area contributed by atoms with Gasteiger partial charge in [-0.05, 0) is 47.7 Å². The van der Waals surface area contributed by atoms with Crippen molar-refractivity contribution in [2.75, 3.05) is 42.0 Å². The first-order valence-electron chi connectivity index (χ1n) is 14.0. The fourth-order valence-electron chi connectivity index (χ4n) is 4.70. The van der Waals surface area contributed by atoms with Gasteiger partial charge in [0.2, 0.25) is 10.0 Å². The number of methoxy groups -OCH3 is 1. The maximum absolute atomic E-state index is 13.6. The van der Waals surface area contributed by atoms with Crippen LogP contribution in [-0.2, 0) is 15.4 Å². The molecule has 0 bridgehead atoms. The summed E-state index contributed by atoms with van der Waals surface area (Å²) in [5, 5.41) is 5.81. The highest BCUT2D eigenvalue weighted by Crippen LogP contribution is 2.39. The van der Waals surface area contributed by atoms with Crippen molar-refractivity contribution in [3.8, 4) is 5.75 Å². The molecule has 43 heavy (non-hydrogen) atoms. The maximum atomic E-state index is 13.6. The monoisotopic (exact) mass is 629 g/mol. The van der Waals surface area contributed by atoms with Crippen LogP contribution < -0.4 is 30.7 Å². The second-order valence-corrected chi connectivity index (χ2v) is 16.4. The Morgan fingerprint density at radius 1 is 1.12 bits per heavy atom. The third-order valence-electron chi connectivity index (χ3n) is 6.95. The van der Waals surface area contributed by atoms with Gasteiger partial charge in [-0.2, -0.15) is 0 Å². The average molecular weight is 630 g/mol. The zero-order chi connectivity index (χ0) is 31.9. The molecule has 2 aromatic rings. The lowest BCUT2D eigenvalue weighted by atomic mass is 9.86. The number of rotatable bonds is 7. The molecule has 11 nitrogen and oxygen atoms in total. The van der Waals surface area contributed by atoms with Gasteiger partial charge in [-0.3, -0.25) is 19.5 Å². The minimum atomic E-state index is -3.59. The van der Waals surface area contributed by atoms with Crippen molar-refractivity contribution >= 4 is 49.9 Å². The minimum Gasteiger partial charge on any atom is -0.492 e. The molecule has 1 unspecified atom stereocenters. The smallest absolute Gasteiger partial charge is 0.255 e. The Morgan fingerprint density at radius 2 is 1.79 bits per heavy atom. The van der Waals surface area contributed by atoms with Crippen molar-refractivity contribution < 1.29 is 17.9 Å². The molecule has 4 rings (SSSR count). The summed E-state index contributed by atoms with van der Waals surface area (Å²) in [5.74, 6) is -0.135. The Morgan fingerprint density at radius 3 is 2.40 bits per heavy atom. The summed E-state index contributed by atoms with van der Waals surface area (Å²) in [6.07, 6.45) is 3.06. The van der Waals surface area contributed by atoms with E-state index in [1.807, 2.05) is 57.1 Å². The van der Waals surface area contributed by atoms with Gasteiger partial charge in [0.25, 0.3) is 5.91 Å².